The Labute approximate surface area is 187 Å². The van der Waals surface area contributed by atoms with Gasteiger partial charge in [-0.05, 0) is 98.3 Å². The first-order chi connectivity index (χ1) is 14.0. The van der Waals surface area contributed by atoms with Crippen molar-refractivity contribution in [3.05, 3.63) is 46.6 Å². The standard InChI is InChI=1S/C26H46O3S/c1-22(2)12-8-13-23(3)14-9-15-24(4)16-10-17-25(5)18-11-19-26(6)20-21-29-30(7,27)28/h12,14,16,18,26H,8-11,13,15,17,19-21H2,1-7H3/b23-14+,24-16+,25-18+. The Morgan fingerprint density at radius 2 is 1.17 bits per heavy atom. The molecule has 0 aromatic carbocycles. The van der Waals surface area contributed by atoms with Crippen LogP contribution in [0.3, 0.4) is 0 Å². The fraction of sp³-hybridized carbons (Fsp3) is 0.692. The second-order valence-corrected chi connectivity index (χ2v) is 10.7. The number of allylic oxidation sites excluding steroid dienone is 8. The van der Waals surface area contributed by atoms with Gasteiger partial charge in [-0.1, -0.05) is 53.5 Å². The van der Waals surface area contributed by atoms with Gasteiger partial charge in [0.2, 0.25) is 0 Å². The summed E-state index contributed by atoms with van der Waals surface area (Å²) in [6.07, 6.45) is 20.2. The Balaban J connectivity index is 4.01. The van der Waals surface area contributed by atoms with Gasteiger partial charge >= 0.3 is 0 Å². The van der Waals surface area contributed by atoms with Gasteiger partial charge in [-0.15, -0.1) is 0 Å². The highest BCUT2D eigenvalue weighted by Gasteiger charge is 2.05. The zero-order valence-electron chi connectivity index (χ0n) is 20.6. The van der Waals surface area contributed by atoms with Gasteiger partial charge < -0.3 is 0 Å². The highest BCUT2D eigenvalue weighted by Crippen LogP contribution is 2.16. The molecule has 0 bridgehead atoms. The molecule has 0 aromatic heterocycles. The van der Waals surface area contributed by atoms with E-state index in [0.717, 1.165) is 57.6 Å². The molecule has 0 saturated heterocycles. The van der Waals surface area contributed by atoms with Crippen LogP contribution in [-0.2, 0) is 14.3 Å². The minimum atomic E-state index is -3.31. The molecule has 0 aliphatic carbocycles. The van der Waals surface area contributed by atoms with Gasteiger partial charge in [0.25, 0.3) is 10.1 Å². The predicted molar refractivity (Wildman–Crippen MR) is 132 cm³/mol. The van der Waals surface area contributed by atoms with Crippen LogP contribution in [0, 0.1) is 5.92 Å². The normalized spacial score (nSPS) is 14.7. The average molecular weight is 439 g/mol. The van der Waals surface area contributed by atoms with E-state index < -0.39 is 10.1 Å². The third-order valence-corrected chi connectivity index (χ3v) is 5.81. The second kappa shape index (κ2) is 16.5. The number of rotatable bonds is 16. The molecule has 0 amide bonds. The van der Waals surface area contributed by atoms with Crippen LogP contribution < -0.4 is 0 Å². The Morgan fingerprint density at radius 3 is 1.60 bits per heavy atom. The number of hydrogen-bond donors (Lipinski definition) is 0. The molecule has 0 heterocycles. The lowest BCUT2D eigenvalue weighted by Gasteiger charge is -2.09. The summed E-state index contributed by atoms with van der Waals surface area (Å²) in [4.78, 5) is 0. The first-order valence-electron chi connectivity index (χ1n) is 11.4. The molecule has 0 spiro atoms. The summed E-state index contributed by atoms with van der Waals surface area (Å²) in [7, 11) is -3.31. The van der Waals surface area contributed by atoms with Gasteiger partial charge in [0.1, 0.15) is 0 Å². The third-order valence-electron chi connectivity index (χ3n) is 5.21. The van der Waals surface area contributed by atoms with E-state index in [1.807, 2.05) is 0 Å². The molecule has 0 fully saturated rings. The quantitative estimate of drug-likeness (QED) is 0.181. The van der Waals surface area contributed by atoms with Crippen molar-refractivity contribution >= 4 is 10.1 Å². The second-order valence-electron chi connectivity index (χ2n) is 9.05. The van der Waals surface area contributed by atoms with Crippen LogP contribution in [0.25, 0.3) is 0 Å². The maximum absolute atomic E-state index is 11.0. The first kappa shape index (κ1) is 28.9. The van der Waals surface area contributed by atoms with Crippen molar-refractivity contribution in [1.29, 1.82) is 0 Å². The molecule has 0 rings (SSSR count). The molecule has 0 aliphatic heterocycles. The molecule has 3 nitrogen and oxygen atoms in total. The van der Waals surface area contributed by atoms with Crippen LogP contribution in [0.15, 0.2) is 46.6 Å². The zero-order chi connectivity index (χ0) is 23.0. The van der Waals surface area contributed by atoms with E-state index in [9.17, 15) is 8.42 Å². The highest BCUT2D eigenvalue weighted by molar-refractivity contribution is 7.85. The maximum atomic E-state index is 11.0. The van der Waals surface area contributed by atoms with Crippen LogP contribution in [0.5, 0.6) is 0 Å². The summed E-state index contributed by atoms with van der Waals surface area (Å²) in [5, 5.41) is 0. The van der Waals surface area contributed by atoms with Crippen molar-refractivity contribution in [3.63, 3.8) is 0 Å². The van der Waals surface area contributed by atoms with E-state index in [-0.39, 0.29) is 6.61 Å². The molecule has 0 N–H and O–H groups in total. The summed E-state index contributed by atoms with van der Waals surface area (Å²) < 4.78 is 26.8. The fourth-order valence-corrected chi connectivity index (χ4v) is 3.55. The van der Waals surface area contributed by atoms with Crippen LogP contribution in [-0.4, -0.2) is 21.3 Å². The topological polar surface area (TPSA) is 43.4 Å². The summed E-state index contributed by atoms with van der Waals surface area (Å²) in [6, 6.07) is 0. The van der Waals surface area contributed by atoms with Gasteiger partial charge in [-0.3, -0.25) is 4.18 Å². The number of hydrogen-bond acceptors (Lipinski definition) is 3. The van der Waals surface area contributed by atoms with Gasteiger partial charge in [0, 0.05) is 0 Å². The highest BCUT2D eigenvalue weighted by atomic mass is 32.2. The summed E-state index contributed by atoms with van der Waals surface area (Å²) in [6.45, 7) is 13.4. The lowest BCUT2D eigenvalue weighted by molar-refractivity contribution is 0.286. The molecule has 1 unspecified atom stereocenters. The smallest absolute Gasteiger partial charge is 0.264 e. The largest absolute Gasteiger partial charge is 0.270 e. The molecule has 1 atom stereocenters. The molecular weight excluding hydrogens is 392 g/mol. The first-order valence-corrected chi connectivity index (χ1v) is 13.3. The van der Waals surface area contributed by atoms with Crippen LogP contribution >= 0.6 is 0 Å². The van der Waals surface area contributed by atoms with Crippen molar-refractivity contribution in [1.82, 2.24) is 0 Å². The Kier molecular flexibility index (Phi) is 15.9. The Morgan fingerprint density at radius 1 is 0.733 bits per heavy atom. The lowest BCUT2D eigenvalue weighted by atomic mass is 10.0. The summed E-state index contributed by atoms with van der Waals surface area (Å²) in [5.74, 6) is 0.469. The van der Waals surface area contributed by atoms with E-state index in [1.165, 1.54) is 28.7 Å². The van der Waals surface area contributed by atoms with Crippen molar-refractivity contribution in [3.8, 4) is 0 Å². The van der Waals surface area contributed by atoms with E-state index >= 15 is 0 Å². The summed E-state index contributed by atoms with van der Waals surface area (Å²) >= 11 is 0. The molecule has 0 radical (unpaired) electrons. The molecule has 4 heteroatoms. The maximum Gasteiger partial charge on any atom is 0.264 e. The Bertz CT molecular complexity index is 690. The van der Waals surface area contributed by atoms with Crippen LogP contribution in [0.1, 0.15) is 99.3 Å². The monoisotopic (exact) mass is 438 g/mol. The minimum Gasteiger partial charge on any atom is -0.270 e. The SMILES string of the molecule is CC(C)=CCC/C(C)=C/CC/C(C)=C/CC/C(C)=C/CCC(C)CCOS(C)(=O)=O. The van der Waals surface area contributed by atoms with Crippen molar-refractivity contribution in [2.24, 2.45) is 5.92 Å². The van der Waals surface area contributed by atoms with Gasteiger partial charge in [0.05, 0.1) is 12.9 Å². The molecule has 0 saturated carbocycles. The zero-order valence-corrected chi connectivity index (χ0v) is 21.4. The summed E-state index contributed by atoms with van der Waals surface area (Å²) in [5.41, 5.74) is 5.82. The van der Waals surface area contributed by atoms with Crippen LogP contribution in [0.4, 0.5) is 0 Å². The minimum absolute atomic E-state index is 0.289. The van der Waals surface area contributed by atoms with Crippen molar-refractivity contribution in [2.45, 2.75) is 99.3 Å². The van der Waals surface area contributed by atoms with Crippen molar-refractivity contribution in [2.75, 3.05) is 12.9 Å². The van der Waals surface area contributed by atoms with Crippen LogP contribution in [0.2, 0.25) is 0 Å². The van der Waals surface area contributed by atoms with Gasteiger partial charge in [-0.2, -0.15) is 8.42 Å². The molecule has 174 valence electrons. The molecular formula is C26H46O3S. The van der Waals surface area contributed by atoms with Crippen molar-refractivity contribution < 1.29 is 12.6 Å². The molecule has 30 heavy (non-hydrogen) atoms. The van der Waals surface area contributed by atoms with E-state index in [0.29, 0.717) is 5.92 Å². The van der Waals surface area contributed by atoms with E-state index in [4.69, 9.17) is 4.18 Å². The molecule has 0 aliphatic rings. The Hall–Kier alpha value is -1.13. The van der Waals surface area contributed by atoms with Gasteiger partial charge in [0.15, 0.2) is 0 Å². The predicted octanol–water partition coefficient (Wildman–Crippen LogP) is 7.91. The van der Waals surface area contributed by atoms with Gasteiger partial charge in [-0.25, -0.2) is 0 Å². The fourth-order valence-electron chi connectivity index (χ4n) is 3.15. The lowest BCUT2D eigenvalue weighted by Crippen LogP contribution is -2.07. The average Bonchev–Trinajstić information content (AvgIpc) is 2.60. The molecule has 0 aromatic rings. The van der Waals surface area contributed by atoms with E-state index in [1.54, 1.807) is 0 Å². The third kappa shape index (κ3) is 20.2. The van der Waals surface area contributed by atoms with E-state index in [2.05, 4.69) is 65.8 Å².